The summed E-state index contributed by atoms with van der Waals surface area (Å²) in [5.41, 5.74) is 10.3. The van der Waals surface area contributed by atoms with Crippen molar-refractivity contribution >= 4 is 59.0 Å². The number of hydrogen-bond donors (Lipinski definition) is 1. The Balaban J connectivity index is 1.85. The van der Waals surface area contributed by atoms with E-state index in [1.807, 2.05) is 23.5 Å². The van der Waals surface area contributed by atoms with Crippen molar-refractivity contribution in [2.45, 2.75) is 0 Å². The van der Waals surface area contributed by atoms with Crippen molar-refractivity contribution in [2.24, 2.45) is 0 Å². The number of para-hydroxylation sites is 1. The summed E-state index contributed by atoms with van der Waals surface area (Å²) in [5.74, 6) is 0. The van der Waals surface area contributed by atoms with E-state index in [4.69, 9.17) is 5.73 Å². The molecule has 6 rings (SSSR count). The summed E-state index contributed by atoms with van der Waals surface area (Å²) in [4.78, 5) is 0. The van der Waals surface area contributed by atoms with Crippen LogP contribution < -0.4 is 5.73 Å². The van der Waals surface area contributed by atoms with Crippen molar-refractivity contribution < 1.29 is 0 Å². The minimum absolute atomic E-state index is 0.784. The van der Waals surface area contributed by atoms with Gasteiger partial charge >= 0.3 is 0 Å². The zero-order chi connectivity index (χ0) is 18.0. The van der Waals surface area contributed by atoms with E-state index >= 15 is 0 Å². The third-order valence-corrected chi connectivity index (χ3v) is 6.54. The van der Waals surface area contributed by atoms with E-state index in [0.29, 0.717) is 0 Å². The van der Waals surface area contributed by atoms with Crippen LogP contribution in [0.4, 0.5) is 5.69 Å². The van der Waals surface area contributed by atoms with E-state index in [2.05, 4.69) is 77.4 Å². The highest BCUT2D eigenvalue weighted by Gasteiger charge is 2.16. The van der Waals surface area contributed by atoms with Crippen molar-refractivity contribution in [3.8, 4) is 5.69 Å². The van der Waals surface area contributed by atoms with Crippen LogP contribution in [0.3, 0.4) is 0 Å². The van der Waals surface area contributed by atoms with Gasteiger partial charge in [0.05, 0.1) is 11.0 Å². The smallest absolute Gasteiger partial charge is 0.0555 e. The zero-order valence-electron chi connectivity index (χ0n) is 14.5. The van der Waals surface area contributed by atoms with Gasteiger partial charge in [0.1, 0.15) is 0 Å². The van der Waals surface area contributed by atoms with Crippen LogP contribution in [0, 0.1) is 0 Å². The zero-order valence-corrected chi connectivity index (χ0v) is 15.3. The number of nitrogen functional groups attached to an aromatic ring is 1. The maximum absolute atomic E-state index is 5.92. The number of thiophene rings is 1. The van der Waals surface area contributed by atoms with Crippen LogP contribution in [0.25, 0.3) is 47.7 Å². The molecule has 2 nitrogen and oxygen atoms in total. The van der Waals surface area contributed by atoms with Crippen LogP contribution in [0.5, 0.6) is 0 Å². The van der Waals surface area contributed by atoms with Crippen LogP contribution >= 0.6 is 11.3 Å². The first kappa shape index (κ1) is 14.8. The summed E-state index contributed by atoms with van der Waals surface area (Å²) in [6.07, 6.45) is 0. The number of rotatable bonds is 1. The quantitative estimate of drug-likeness (QED) is 0.322. The highest BCUT2D eigenvalue weighted by Crippen LogP contribution is 2.43. The van der Waals surface area contributed by atoms with E-state index in [0.717, 1.165) is 11.4 Å². The van der Waals surface area contributed by atoms with Gasteiger partial charge in [-0.15, -0.1) is 11.3 Å². The molecule has 0 amide bonds. The summed E-state index contributed by atoms with van der Waals surface area (Å²) in [6.45, 7) is 0. The SMILES string of the molecule is Nc1ccc(-n2c3ccccc3c3c4sc5ccccc5c4ccc32)cc1. The van der Waals surface area contributed by atoms with Crippen molar-refractivity contribution in [1.29, 1.82) is 0 Å². The Morgan fingerprint density at radius 3 is 2.22 bits per heavy atom. The molecule has 128 valence electrons. The molecule has 0 spiro atoms. The van der Waals surface area contributed by atoms with E-state index < -0.39 is 0 Å². The summed E-state index contributed by atoms with van der Waals surface area (Å²) < 4.78 is 5.04. The lowest BCUT2D eigenvalue weighted by Gasteiger charge is -2.08. The number of nitrogens with zero attached hydrogens (tertiary/aromatic N) is 1. The topological polar surface area (TPSA) is 30.9 Å². The molecule has 27 heavy (non-hydrogen) atoms. The van der Waals surface area contributed by atoms with Crippen LogP contribution in [0.15, 0.2) is 84.9 Å². The van der Waals surface area contributed by atoms with Gasteiger partial charge in [0.25, 0.3) is 0 Å². The van der Waals surface area contributed by atoms with E-state index in [1.165, 1.54) is 42.0 Å². The fraction of sp³-hybridized carbons (Fsp3) is 0. The maximum Gasteiger partial charge on any atom is 0.0555 e. The molecule has 6 aromatic rings. The second-order valence-corrected chi connectivity index (χ2v) is 7.93. The van der Waals surface area contributed by atoms with Crippen molar-refractivity contribution in [1.82, 2.24) is 4.57 Å². The minimum atomic E-state index is 0.784. The molecule has 3 heteroatoms. The van der Waals surface area contributed by atoms with E-state index in [9.17, 15) is 0 Å². The van der Waals surface area contributed by atoms with Gasteiger partial charge in [-0.25, -0.2) is 0 Å². The number of hydrogen-bond acceptors (Lipinski definition) is 2. The molecule has 2 heterocycles. The number of aromatic nitrogens is 1. The number of fused-ring (bicyclic) bond motifs is 7. The lowest BCUT2D eigenvalue weighted by Crippen LogP contribution is -1.94. The lowest BCUT2D eigenvalue weighted by molar-refractivity contribution is 1.18. The Hall–Kier alpha value is -3.30. The van der Waals surface area contributed by atoms with Gasteiger partial charge in [0.2, 0.25) is 0 Å². The van der Waals surface area contributed by atoms with Crippen molar-refractivity contribution in [3.63, 3.8) is 0 Å². The lowest BCUT2D eigenvalue weighted by atomic mass is 10.1. The summed E-state index contributed by atoms with van der Waals surface area (Å²) in [5, 5.41) is 5.30. The van der Waals surface area contributed by atoms with Crippen LogP contribution in [0.2, 0.25) is 0 Å². The summed E-state index contributed by atoms with van der Waals surface area (Å²) in [7, 11) is 0. The highest BCUT2D eigenvalue weighted by molar-refractivity contribution is 7.26. The summed E-state index contributed by atoms with van der Waals surface area (Å²) >= 11 is 1.88. The van der Waals surface area contributed by atoms with Crippen LogP contribution in [-0.4, -0.2) is 4.57 Å². The molecule has 0 saturated heterocycles. The second kappa shape index (κ2) is 5.35. The molecule has 0 bridgehead atoms. The monoisotopic (exact) mass is 364 g/mol. The number of nitrogens with two attached hydrogens (primary N) is 1. The molecule has 0 aliphatic carbocycles. The third-order valence-electron chi connectivity index (χ3n) is 5.33. The first-order valence-electron chi connectivity index (χ1n) is 9.00. The molecule has 0 fully saturated rings. The maximum atomic E-state index is 5.92. The molecular weight excluding hydrogens is 348 g/mol. The fourth-order valence-electron chi connectivity index (χ4n) is 4.14. The first-order valence-corrected chi connectivity index (χ1v) is 9.82. The number of benzene rings is 4. The molecule has 2 N–H and O–H groups in total. The molecule has 0 aliphatic heterocycles. The van der Waals surface area contributed by atoms with E-state index in [-0.39, 0.29) is 0 Å². The van der Waals surface area contributed by atoms with Gasteiger partial charge in [-0.05, 0) is 42.5 Å². The molecular formula is C24H16N2S. The normalized spacial score (nSPS) is 11.9. The number of anilines is 1. The third kappa shape index (κ3) is 2.00. The molecule has 0 radical (unpaired) electrons. The Kier molecular flexibility index (Phi) is 2.94. The van der Waals surface area contributed by atoms with Gasteiger partial charge in [-0.1, -0.05) is 42.5 Å². The fourth-order valence-corrected chi connectivity index (χ4v) is 5.40. The predicted octanol–water partition coefficient (Wildman–Crippen LogP) is 6.73. The predicted molar refractivity (Wildman–Crippen MR) is 118 cm³/mol. The highest BCUT2D eigenvalue weighted by atomic mass is 32.1. The molecule has 0 aliphatic rings. The average molecular weight is 364 g/mol. The van der Waals surface area contributed by atoms with Gasteiger partial charge in [-0.2, -0.15) is 0 Å². The Morgan fingerprint density at radius 2 is 1.37 bits per heavy atom. The average Bonchev–Trinajstić information content (AvgIpc) is 3.24. The second-order valence-electron chi connectivity index (χ2n) is 6.88. The molecule has 4 aromatic carbocycles. The van der Waals surface area contributed by atoms with Crippen molar-refractivity contribution in [3.05, 3.63) is 84.9 Å². The summed E-state index contributed by atoms with van der Waals surface area (Å²) in [6, 6.07) is 30.0. The van der Waals surface area contributed by atoms with Crippen LogP contribution in [0.1, 0.15) is 0 Å². The Labute approximate surface area is 160 Å². The van der Waals surface area contributed by atoms with Crippen LogP contribution in [-0.2, 0) is 0 Å². The van der Waals surface area contributed by atoms with Crippen molar-refractivity contribution in [2.75, 3.05) is 5.73 Å². The first-order chi connectivity index (χ1) is 13.3. The van der Waals surface area contributed by atoms with Gasteiger partial charge in [0.15, 0.2) is 0 Å². The van der Waals surface area contributed by atoms with Gasteiger partial charge < -0.3 is 10.3 Å². The Bertz CT molecular complexity index is 1470. The molecule has 0 atom stereocenters. The standard InChI is InChI=1S/C24H16N2S/c25-15-9-11-16(12-10-15)26-20-7-3-1-6-19(20)23-21(26)14-13-18-17-5-2-4-8-22(17)27-24(18)23/h1-14H,25H2. The Morgan fingerprint density at radius 1 is 0.630 bits per heavy atom. The molecule has 2 aromatic heterocycles. The largest absolute Gasteiger partial charge is 0.399 e. The molecule has 0 unspecified atom stereocenters. The van der Waals surface area contributed by atoms with Gasteiger partial charge in [-0.3, -0.25) is 0 Å². The van der Waals surface area contributed by atoms with E-state index in [1.54, 1.807) is 0 Å². The van der Waals surface area contributed by atoms with Gasteiger partial charge in [0, 0.05) is 42.3 Å². The minimum Gasteiger partial charge on any atom is -0.399 e. The molecule has 0 saturated carbocycles.